The first-order valence-electron chi connectivity index (χ1n) is 8.11. The van der Waals surface area contributed by atoms with E-state index in [4.69, 9.17) is 5.11 Å². The van der Waals surface area contributed by atoms with Crippen LogP contribution in [0.15, 0.2) is 54.9 Å². The van der Waals surface area contributed by atoms with Crippen LogP contribution in [0.2, 0.25) is 0 Å². The van der Waals surface area contributed by atoms with Crippen LogP contribution in [0.4, 0.5) is 10.2 Å². The van der Waals surface area contributed by atoms with Crippen LogP contribution < -0.4 is 5.32 Å². The molecule has 0 bridgehead atoms. The molecule has 27 heavy (non-hydrogen) atoms. The van der Waals surface area contributed by atoms with Crippen molar-refractivity contribution in [3.63, 3.8) is 0 Å². The van der Waals surface area contributed by atoms with Crippen LogP contribution in [0.5, 0.6) is 0 Å². The van der Waals surface area contributed by atoms with E-state index in [1.165, 1.54) is 36.0 Å². The minimum absolute atomic E-state index is 0.157. The number of fused-ring (bicyclic) bond motifs is 1. The molecule has 1 aromatic heterocycles. The van der Waals surface area contributed by atoms with Crippen molar-refractivity contribution in [2.45, 2.75) is 5.25 Å². The lowest BCUT2D eigenvalue weighted by Gasteiger charge is -2.18. The van der Waals surface area contributed by atoms with Gasteiger partial charge in [-0.05, 0) is 42.0 Å². The largest absolute Gasteiger partial charge is 0.478 e. The number of imidazole rings is 1. The number of aromatic nitrogens is 2. The molecule has 1 aliphatic heterocycles. The molecule has 0 radical (unpaired) electrons. The van der Waals surface area contributed by atoms with Crippen LogP contribution in [0, 0.1) is 5.82 Å². The van der Waals surface area contributed by atoms with Gasteiger partial charge in [-0.3, -0.25) is 9.36 Å². The maximum absolute atomic E-state index is 13.3. The molecule has 1 aliphatic rings. The van der Waals surface area contributed by atoms with E-state index in [9.17, 15) is 14.0 Å². The molecule has 0 saturated carbocycles. The van der Waals surface area contributed by atoms with Gasteiger partial charge < -0.3 is 10.4 Å². The summed E-state index contributed by atoms with van der Waals surface area (Å²) in [5.41, 5.74) is 2.51. The molecule has 1 amide bonds. The topological polar surface area (TPSA) is 84.2 Å². The van der Waals surface area contributed by atoms with Gasteiger partial charge in [0, 0.05) is 5.69 Å². The smallest absolute Gasteiger partial charge is 0.335 e. The Morgan fingerprint density at radius 1 is 1.19 bits per heavy atom. The Morgan fingerprint density at radius 2 is 1.89 bits per heavy atom. The highest BCUT2D eigenvalue weighted by atomic mass is 32.2. The van der Waals surface area contributed by atoms with Gasteiger partial charge in [-0.1, -0.05) is 12.1 Å². The molecule has 6 nitrogen and oxygen atoms in total. The third-order valence-corrected chi connectivity index (χ3v) is 5.51. The molecular formula is C19H14FN3O3S. The molecule has 0 aliphatic carbocycles. The molecule has 136 valence electrons. The maximum atomic E-state index is 13.3. The highest BCUT2D eigenvalue weighted by Crippen LogP contribution is 2.42. The number of hydrogen-bond acceptors (Lipinski definition) is 4. The number of carboxylic acid groups (broad SMARTS) is 1. The minimum Gasteiger partial charge on any atom is -0.478 e. The number of thioether (sulfide) groups is 1. The molecular weight excluding hydrogens is 369 g/mol. The van der Waals surface area contributed by atoms with Crippen molar-refractivity contribution in [3.05, 3.63) is 77.5 Å². The number of rotatable bonds is 3. The van der Waals surface area contributed by atoms with Crippen LogP contribution in [0.25, 0.3) is 5.69 Å². The van der Waals surface area contributed by atoms with Crippen molar-refractivity contribution in [1.29, 1.82) is 0 Å². The Bertz CT molecular complexity index is 1020. The van der Waals surface area contributed by atoms with Crippen molar-refractivity contribution in [3.8, 4) is 5.69 Å². The third-order valence-electron chi connectivity index (χ3n) is 4.26. The molecule has 4 rings (SSSR count). The van der Waals surface area contributed by atoms with Gasteiger partial charge in [0.05, 0.1) is 22.3 Å². The number of aromatic carboxylic acids is 1. The Kier molecular flexibility index (Phi) is 4.41. The van der Waals surface area contributed by atoms with E-state index in [0.717, 1.165) is 11.3 Å². The van der Waals surface area contributed by atoms with Gasteiger partial charge in [0.25, 0.3) is 0 Å². The Labute approximate surface area is 158 Å². The van der Waals surface area contributed by atoms with E-state index in [2.05, 4.69) is 10.3 Å². The second kappa shape index (κ2) is 6.88. The molecule has 0 saturated heterocycles. The number of benzene rings is 2. The zero-order chi connectivity index (χ0) is 19.0. The van der Waals surface area contributed by atoms with Gasteiger partial charge in [0.2, 0.25) is 5.91 Å². The van der Waals surface area contributed by atoms with E-state index in [-0.39, 0.29) is 28.3 Å². The van der Waals surface area contributed by atoms with Crippen LogP contribution in [0.3, 0.4) is 0 Å². The molecule has 2 aromatic carbocycles. The molecule has 2 heterocycles. The first kappa shape index (κ1) is 17.3. The van der Waals surface area contributed by atoms with Crippen molar-refractivity contribution < 1.29 is 19.1 Å². The van der Waals surface area contributed by atoms with Crippen molar-refractivity contribution in [2.75, 3.05) is 11.1 Å². The normalized spacial score (nSPS) is 16.3. The minimum atomic E-state index is -0.996. The van der Waals surface area contributed by atoms with E-state index in [0.29, 0.717) is 11.5 Å². The summed E-state index contributed by atoms with van der Waals surface area (Å²) in [6.07, 6.45) is 1.59. The Morgan fingerprint density at radius 3 is 2.56 bits per heavy atom. The second-order valence-electron chi connectivity index (χ2n) is 5.99. The van der Waals surface area contributed by atoms with Gasteiger partial charge >= 0.3 is 5.97 Å². The number of halogens is 1. The quantitative estimate of drug-likeness (QED) is 0.723. The van der Waals surface area contributed by atoms with Crippen molar-refractivity contribution in [2.24, 2.45) is 0 Å². The summed E-state index contributed by atoms with van der Waals surface area (Å²) in [6, 6.07) is 12.6. The molecule has 8 heteroatoms. The Balaban J connectivity index is 1.82. The fraction of sp³-hybridized carbons (Fsp3) is 0.105. The van der Waals surface area contributed by atoms with Crippen molar-refractivity contribution in [1.82, 2.24) is 9.55 Å². The number of carbonyl (C=O) groups excluding carboxylic acids is 1. The first-order chi connectivity index (χ1) is 13.0. The standard InChI is InChI=1S/C19H14FN3O3S/c20-13-5-7-14(8-6-13)23-10-21-18-16(23)17(27-9-15(24)22-18)11-1-3-12(4-2-11)19(25)26/h1-8,10,17H,9H2,(H,22,24)(H,25,26)/t17-/m0/s1. The summed E-state index contributed by atoms with van der Waals surface area (Å²) in [7, 11) is 0. The van der Waals surface area contributed by atoms with Crippen LogP contribution in [-0.4, -0.2) is 32.3 Å². The number of carboxylic acids is 1. The fourth-order valence-electron chi connectivity index (χ4n) is 2.97. The summed E-state index contributed by atoms with van der Waals surface area (Å²) in [5, 5.41) is 11.7. The summed E-state index contributed by atoms with van der Waals surface area (Å²) in [4.78, 5) is 27.5. The van der Waals surface area contributed by atoms with E-state index in [1.807, 2.05) is 4.57 Å². The highest BCUT2D eigenvalue weighted by molar-refractivity contribution is 8.00. The van der Waals surface area contributed by atoms with E-state index in [1.54, 1.807) is 30.6 Å². The third kappa shape index (κ3) is 3.31. The number of anilines is 1. The highest BCUT2D eigenvalue weighted by Gasteiger charge is 2.29. The fourth-order valence-corrected chi connectivity index (χ4v) is 4.10. The summed E-state index contributed by atoms with van der Waals surface area (Å²) >= 11 is 1.42. The van der Waals surface area contributed by atoms with Gasteiger partial charge in [0.1, 0.15) is 12.1 Å². The zero-order valence-electron chi connectivity index (χ0n) is 13.9. The first-order valence-corrected chi connectivity index (χ1v) is 9.15. The number of amides is 1. The second-order valence-corrected chi connectivity index (χ2v) is 7.08. The molecule has 0 fully saturated rings. The SMILES string of the molecule is O=C1CS[C@@H](c2ccc(C(=O)O)cc2)c2c(ncn2-c2ccc(F)cc2)N1. The van der Waals surface area contributed by atoms with Crippen LogP contribution in [0.1, 0.15) is 26.9 Å². The monoisotopic (exact) mass is 383 g/mol. The van der Waals surface area contributed by atoms with Crippen LogP contribution in [-0.2, 0) is 4.79 Å². The molecule has 0 unspecified atom stereocenters. The molecule has 0 spiro atoms. The number of nitrogens with one attached hydrogen (secondary N) is 1. The molecule has 1 atom stereocenters. The summed E-state index contributed by atoms with van der Waals surface area (Å²) in [5.74, 6) is -0.806. The maximum Gasteiger partial charge on any atom is 0.335 e. The average molecular weight is 383 g/mol. The summed E-state index contributed by atoms with van der Waals surface area (Å²) < 4.78 is 15.1. The van der Waals surface area contributed by atoms with E-state index >= 15 is 0 Å². The van der Waals surface area contributed by atoms with E-state index < -0.39 is 5.97 Å². The lowest BCUT2D eigenvalue weighted by atomic mass is 10.1. The zero-order valence-corrected chi connectivity index (χ0v) is 14.7. The van der Waals surface area contributed by atoms with Gasteiger partial charge in [-0.25, -0.2) is 14.2 Å². The van der Waals surface area contributed by atoms with Gasteiger partial charge in [-0.15, -0.1) is 11.8 Å². The van der Waals surface area contributed by atoms with Gasteiger partial charge in [-0.2, -0.15) is 0 Å². The van der Waals surface area contributed by atoms with Crippen LogP contribution >= 0.6 is 11.8 Å². The predicted molar refractivity (Wildman–Crippen MR) is 99.9 cm³/mol. The predicted octanol–water partition coefficient (Wildman–Crippen LogP) is 3.48. The molecule has 2 N–H and O–H groups in total. The lowest BCUT2D eigenvalue weighted by molar-refractivity contribution is -0.113. The summed E-state index contributed by atoms with van der Waals surface area (Å²) in [6.45, 7) is 0. The lowest BCUT2D eigenvalue weighted by Crippen LogP contribution is -2.12. The average Bonchev–Trinajstić information content (AvgIpc) is 2.98. The molecule has 3 aromatic rings. The van der Waals surface area contributed by atoms with Crippen molar-refractivity contribution >= 4 is 29.5 Å². The number of hydrogen-bond donors (Lipinski definition) is 2. The van der Waals surface area contributed by atoms with Gasteiger partial charge in [0.15, 0.2) is 5.82 Å². The Hall–Kier alpha value is -3.13. The number of carbonyl (C=O) groups is 2. The number of nitrogens with zero attached hydrogens (tertiary/aromatic N) is 2.